The third-order valence-electron chi connectivity index (χ3n) is 6.68. The van der Waals surface area contributed by atoms with Crippen LogP contribution in [0.3, 0.4) is 0 Å². The third kappa shape index (κ3) is 3.31. The SMILES string of the molecule is C=CNc1ccccc1C1(C)CCCC1CC1C(C=C)=NCC1CC. The van der Waals surface area contributed by atoms with Crippen LogP contribution in [0.2, 0.25) is 0 Å². The molecule has 1 N–H and O–H groups in total. The molecule has 3 rings (SSSR count). The molecule has 4 unspecified atom stereocenters. The Hall–Kier alpha value is -1.83. The van der Waals surface area contributed by atoms with E-state index in [4.69, 9.17) is 4.99 Å². The Balaban J connectivity index is 1.88. The van der Waals surface area contributed by atoms with Gasteiger partial charge < -0.3 is 5.32 Å². The van der Waals surface area contributed by atoms with E-state index in [1.165, 1.54) is 49.1 Å². The molecule has 1 aliphatic carbocycles. The minimum atomic E-state index is 0.222. The Bertz CT molecular complexity index is 660. The number of nitrogens with zero attached hydrogens (tertiary/aromatic N) is 1. The number of aliphatic imine (C=N–C) groups is 1. The predicted molar refractivity (Wildman–Crippen MR) is 109 cm³/mol. The first kappa shape index (κ1) is 18.0. The molecule has 1 aliphatic heterocycles. The molecule has 0 radical (unpaired) electrons. The standard InChI is InChI=1S/C23H32N2/c1-5-17-16-25-21(6-2)19(17)15-18-11-10-14-23(18,4)20-12-8-9-13-22(20)24-7-3/h6-9,12-13,17-19,24H,2-3,5,10-11,14-16H2,1,4H3. The highest BCUT2D eigenvalue weighted by Gasteiger charge is 2.44. The van der Waals surface area contributed by atoms with E-state index in [0.29, 0.717) is 17.8 Å². The average Bonchev–Trinajstić information content (AvgIpc) is 3.20. The molecular weight excluding hydrogens is 304 g/mol. The molecule has 4 atom stereocenters. The molecular formula is C23H32N2. The fourth-order valence-corrected chi connectivity index (χ4v) is 5.15. The summed E-state index contributed by atoms with van der Waals surface area (Å²) in [4.78, 5) is 4.77. The van der Waals surface area contributed by atoms with Crippen molar-refractivity contribution in [2.45, 2.75) is 51.4 Å². The second kappa shape index (κ2) is 7.59. The molecule has 1 saturated carbocycles. The molecule has 0 amide bonds. The number of allylic oxidation sites excluding steroid dienone is 1. The Kier molecular flexibility index (Phi) is 5.46. The summed E-state index contributed by atoms with van der Waals surface area (Å²) in [6, 6.07) is 8.76. The van der Waals surface area contributed by atoms with Crippen LogP contribution in [0.15, 0.2) is 54.7 Å². The van der Waals surface area contributed by atoms with Crippen LogP contribution >= 0.6 is 0 Å². The van der Waals surface area contributed by atoms with E-state index in [9.17, 15) is 0 Å². The highest BCUT2D eigenvalue weighted by Crippen LogP contribution is 2.51. The maximum absolute atomic E-state index is 4.77. The van der Waals surface area contributed by atoms with Crippen molar-refractivity contribution in [1.29, 1.82) is 0 Å². The van der Waals surface area contributed by atoms with Crippen LogP contribution < -0.4 is 5.32 Å². The molecule has 1 aromatic rings. The molecule has 25 heavy (non-hydrogen) atoms. The van der Waals surface area contributed by atoms with Gasteiger partial charge >= 0.3 is 0 Å². The van der Waals surface area contributed by atoms with E-state index in [1.54, 1.807) is 6.20 Å². The number of hydrogen-bond acceptors (Lipinski definition) is 2. The number of anilines is 1. The number of benzene rings is 1. The summed E-state index contributed by atoms with van der Waals surface area (Å²) in [6.45, 7) is 13.6. The quantitative estimate of drug-likeness (QED) is 0.651. The van der Waals surface area contributed by atoms with Crippen LogP contribution in [0.5, 0.6) is 0 Å². The van der Waals surface area contributed by atoms with Gasteiger partial charge in [-0.15, -0.1) is 0 Å². The average molecular weight is 337 g/mol. The van der Waals surface area contributed by atoms with Crippen molar-refractivity contribution in [2.75, 3.05) is 11.9 Å². The summed E-state index contributed by atoms with van der Waals surface area (Å²) in [5.41, 5.74) is 4.13. The highest BCUT2D eigenvalue weighted by atomic mass is 14.8. The van der Waals surface area contributed by atoms with Gasteiger partial charge in [-0.05, 0) is 60.4 Å². The second-order valence-electron chi connectivity index (χ2n) is 7.88. The molecule has 1 fully saturated rings. The molecule has 2 aliphatic rings. The van der Waals surface area contributed by atoms with Crippen molar-refractivity contribution in [2.24, 2.45) is 22.7 Å². The first-order valence-corrected chi connectivity index (χ1v) is 9.77. The Labute approximate surface area is 153 Å². The van der Waals surface area contributed by atoms with Gasteiger partial charge in [0.2, 0.25) is 0 Å². The molecule has 1 aromatic carbocycles. The van der Waals surface area contributed by atoms with Gasteiger partial charge in [-0.2, -0.15) is 0 Å². The fraction of sp³-hybridized carbons (Fsp3) is 0.522. The van der Waals surface area contributed by atoms with Crippen molar-refractivity contribution < 1.29 is 0 Å². The molecule has 2 nitrogen and oxygen atoms in total. The number of hydrogen-bond donors (Lipinski definition) is 1. The van der Waals surface area contributed by atoms with Crippen molar-refractivity contribution in [3.63, 3.8) is 0 Å². The Morgan fingerprint density at radius 2 is 2.12 bits per heavy atom. The molecule has 134 valence electrons. The lowest BCUT2D eigenvalue weighted by Gasteiger charge is -2.36. The lowest BCUT2D eigenvalue weighted by atomic mass is 9.68. The zero-order valence-electron chi connectivity index (χ0n) is 15.8. The first-order chi connectivity index (χ1) is 12.1. The van der Waals surface area contributed by atoms with Crippen LogP contribution in [0, 0.1) is 17.8 Å². The van der Waals surface area contributed by atoms with Gasteiger partial charge in [0.25, 0.3) is 0 Å². The van der Waals surface area contributed by atoms with Crippen molar-refractivity contribution in [1.82, 2.24) is 0 Å². The van der Waals surface area contributed by atoms with E-state index in [0.717, 1.165) is 6.54 Å². The van der Waals surface area contributed by atoms with Crippen molar-refractivity contribution in [3.8, 4) is 0 Å². The predicted octanol–water partition coefficient (Wildman–Crippen LogP) is 5.97. The minimum Gasteiger partial charge on any atom is -0.362 e. The number of rotatable bonds is 7. The summed E-state index contributed by atoms with van der Waals surface area (Å²) in [6.07, 6.45) is 10.1. The molecule has 1 heterocycles. The molecule has 0 aromatic heterocycles. The fourth-order valence-electron chi connectivity index (χ4n) is 5.15. The van der Waals surface area contributed by atoms with Crippen molar-refractivity contribution in [3.05, 3.63) is 55.3 Å². The molecule has 0 spiro atoms. The van der Waals surface area contributed by atoms with Gasteiger partial charge in [0.05, 0.1) is 0 Å². The third-order valence-corrected chi connectivity index (χ3v) is 6.68. The largest absolute Gasteiger partial charge is 0.362 e. The van der Waals surface area contributed by atoms with E-state index in [2.05, 4.69) is 56.6 Å². The number of para-hydroxylation sites is 1. The smallest absolute Gasteiger partial charge is 0.0427 e. The molecule has 0 bridgehead atoms. The van der Waals surface area contributed by atoms with Crippen LogP contribution in [0.4, 0.5) is 5.69 Å². The van der Waals surface area contributed by atoms with Gasteiger partial charge in [0, 0.05) is 23.9 Å². The monoisotopic (exact) mass is 336 g/mol. The summed E-state index contributed by atoms with van der Waals surface area (Å²) in [5, 5.41) is 3.36. The topological polar surface area (TPSA) is 24.4 Å². The minimum absolute atomic E-state index is 0.222. The van der Waals surface area contributed by atoms with Crippen molar-refractivity contribution >= 4 is 11.4 Å². The van der Waals surface area contributed by atoms with Gasteiger partial charge in [-0.1, -0.05) is 58.0 Å². The molecule has 0 saturated heterocycles. The van der Waals surface area contributed by atoms with E-state index in [1.807, 2.05) is 6.08 Å². The van der Waals surface area contributed by atoms with Crippen LogP contribution in [-0.2, 0) is 5.41 Å². The van der Waals surface area contributed by atoms with E-state index >= 15 is 0 Å². The van der Waals surface area contributed by atoms with Crippen LogP contribution in [0.1, 0.15) is 51.5 Å². The zero-order chi connectivity index (χ0) is 17.9. The van der Waals surface area contributed by atoms with Gasteiger partial charge in [0.1, 0.15) is 0 Å². The van der Waals surface area contributed by atoms with E-state index < -0.39 is 0 Å². The van der Waals surface area contributed by atoms with Crippen LogP contribution in [0.25, 0.3) is 0 Å². The number of nitrogens with one attached hydrogen (secondary N) is 1. The van der Waals surface area contributed by atoms with Gasteiger partial charge in [0.15, 0.2) is 0 Å². The highest BCUT2D eigenvalue weighted by molar-refractivity contribution is 5.97. The van der Waals surface area contributed by atoms with E-state index in [-0.39, 0.29) is 5.41 Å². The summed E-state index contributed by atoms with van der Waals surface area (Å²) in [7, 11) is 0. The zero-order valence-corrected chi connectivity index (χ0v) is 15.8. The van der Waals surface area contributed by atoms with Gasteiger partial charge in [-0.3, -0.25) is 4.99 Å². The molecule has 2 heteroatoms. The first-order valence-electron chi connectivity index (χ1n) is 9.77. The summed E-state index contributed by atoms with van der Waals surface area (Å²) < 4.78 is 0. The maximum Gasteiger partial charge on any atom is 0.0427 e. The van der Waals surface area contributed by atoms with Gasteiger partial charge in [-0.25, -0.2) is 0 Å². The Morgan fingerprint density at radius 3 is 2.84 bits per heavy atom. The maximum atomic E-state index is 4.77. The lowest BCUT2D eigenvalue weighted by Crippen LogP contribution is -2.32. The summed E-state index contributed by atoms with van der Waals surface area (Å²) >= 11 is 0. The summed E-state index contributed by atoms with van der Waals surface area (Å²) in [5.74, 6) is 1.98. The van der Waals surface area contributed by atoms with Crippen LogP contribution in [-0.4, -0.2) is 12.3 Å². The second-order valence-corrected chi connectivity index (χ2v) is 7.88. The Morgan fingerprint density at radius 1 is 1.32 bits per heavy atom. The normalized spacial score (nSPS) is 31.6. The lowest BCUT2D eigenvalue weighted by molar-refractivity contribution is 0.271.